The van der Waals surface area contributed by atoms with Gasteiger partial charge >= 0.3 is 5.97 Å². The Morgan fingerprint density at radius 1 is 1.25 bits per heavy atom. The quantitative estimate of drug-likeness (QED) is 0.514. The molecule has 0 unspecified atom stereocenters. The Balaban J connectivity index is 1.56. The van der Waals surface area contributed by atoms with Crippen molar-refractivity contribution < 1.29 is 13.9 Å². The standard InChI is InChI=1S/C19H18N2O3/c1-15-7-8-17(24-15)9-10-19(22)23-14-18-20-11-12-21(18)13-16-5-3-2-4-6-16/h2-12H,13-14H2,1H3. The van der Waals surface area contributed by atoms with Crippen LogP contribution in [0.1, 0.15) is 22.9 Å². The summed E-state index contributed by atoms with van der Waals surface area (Å²) in [4.78, 5) is 16.0. The lowest BCUT2D eigenvalue weighted by Crippen LogP contribution is -2.08. The van der Waals surface area contributed by atoms with E-state index in [2.05, 4.69) is 4.98 Å². The smallest absolute Gasteiger partial charge is 0.331 e. The van der Waals surface area contributed by atoms with Crippen molar-refractivity contribution in [3.63, 3.8) is 0 Å². The average Bonchev–Trinajstić information content (AvgIpc) is 3.21. The number of esters is 1. The van der Waals surface area contributed by atoms with Crippen molar-refractivity contribution in [3.8, 4) is 0 Å². The minimum absolute atomic E-state index is 0.125. The predicted molar refractivity (Wildman–Crippen MR) is 90.0 cm³/mol. The van der Waals surface area contributed by atoms with Crippen LogP contribution in [0.3, 0.4) is 0 Å². The molecule has 5 heteroatoms. The molecule has 0 saturated carbocycles. The fraction of sp³-hybridized carbons (Fsp3) is 0.158. The summed E-state index contributed by atoms with van der Waals surface area (Å²) < 4.78 is 12.6. The SMILES string of the molecule is Cc1ccc(C=CC(=O)OCc2nccn2Cc2ccccc2)o1. The summed E-state index contributed by atoms with van der Waals surface area (Å²) in [5, 5.41) is 0. The van der Waals surface area contributed by atoms with Gasteiger partial charge in [-0.3, -0.25) is 0 Å². The molecule has 24 heavy (non-hydrogen) atoms. The first-order valence-corrected chi connectivity index (χ1v) is 7.66. The topological polar surface area (TPSA) is 57.3 Å². The molecule has 2 aromatic heterocycles. The Morgan fingerprint density at radius 3 is 2.83 bits per heavy atom. The number of aryl methyl sites for hydroxylation is 1. The highest BCUT2D eigenvalue weighted by atomic mass is 16.5. The lowest BCUT2D eigenvalue weighted by molar-refractivity contribution is -0.139. The third-order valence-electron chi connectivity index (χ3n) is 3.49. The van der Waals surface area contributed by atoms with Gasteiger partial charge in [-0.1, -0.05) is 30.3 Å². The molecule has 0 bridgehead atoms. The van der Waals surface area contributed by atoms with E-state index >= 15 is 0 Å². The molecule has 0 aliphatic rings. The third kappa shape index (κ3) is 4.23. The van der Waals surface area contributed by atoms with Crippen LogP contribution in [0.25, 0.3) is 6.08 Å². The van der Waals surface area contributed by atoms with E-state index in [0.717, 1.165) is 11.3 Å². The van der Waals surface area contributed by atoms with Gasteiger partial charge in [0, 0.05) is 25.0 Å². The van der Waals surface area contributed by atoms with E-state index in [9.17, 15) is 4.79 Å². The molecule has 1 aromatic carbocycles. The van der Waals surface area contributed by atoms with Gasteiger partial charge in [-0.2, -0.15) is 0 Å². The number of nitrogens with zero attached hydrogens (tertiary/aromatic N) is 2. The summed E-state index contributed by atoms with van der Waals surface area (Å²) in [5.41, 5.74) is 1.16. The monoisotopic (exact) mass is 322 g/mol. The van der Waals surface area contributed by atoms with E-state index in [4.69, 9.17) is 9.15 Å². The van der Waals surface area contributed by atoms with E-state index < -0.39 is 5.97 Å². The normalized spacial score (nSPS) is 11.0. The number of aromatic nitrogens is 2. The zero-order valence-corrected chi connectivity index (χ0v) is 13.4. The van der Waals surface area contributed by atoms with E-state index in [-0.39, 0.29) is 6.61 Å². The van der Waals surface area contributed by atoms with Crippen molar-refractivity contribution in [1.29, 1.82) is 0 Å². The molecule has 5 nitrogen and oxygen atoms in total. The largest absolute Gasteiger partial charge is 0.462 e. The molecular formula is C19H18N2O3. The van der Waals surface area contributed by atoms with Crippen LogP contribution in [0, 0.1) is 6.92 Å². The fourth-order valence-corrected chi connectivity index (χ4v) is 2.28. The molecule has 3 aromatic rings. The van der Waals surface area contributed by atoms with Crippen molar-refractivity contribution in [1.82, 2.24) is 9.55 Å². The van der Waals surface area contributed by atoms with E-state index in [1.165, 1.54) is 6.08 Å². The molecular weight excluding hydrogens is 304 g/mol. The molecule has 0 fully saturated rings. The molecule has 0 aliphatic carbocycles. The van der Waals surface area contributed by atoms with E-state index in [1.807, 2.05) is 54.1 Å². The number of imidazole rings is 1. The van der Waals surface area contributed by atoms with E-state index in [0.29, 0.717) is 18.1 Å². The van der Waals surface area contributed by atoms with Crippen molar-refractivity contribution >= 4 is 12.0 Å². The van der Waals surface area contributed by atoms with Crippen molar-refractivity contribution in [2.75, 3.05) is 0 Å². The van der Waals surface area contributed by atoms with Gasteiger partial charge in [-0.25, -0.2) is 9.78 Å². The van der Waals surface area contributed by atoms with Crippen LogP contribution < -0.4 is 0 Å². The van der Waals surface area contributed by atoms with Crippen molar-refractivity contribution in [2.45, 2.75) is 20.1 Å². The molecule has 0 radical (unpaired) electrons. The van der Waals surface area contributed by atoms with Crippen LogP contribution in [0.15, 0.2) is 65.4 Å². The molecule has 122 valence electrons. The highest BCUT2D eigenvalue weighted by Gasteiger charge is 2.06. The van der Waals surface area contributed by atoms with Gasteiger partial charge in [0.2, 0.25) is 0 Å². The Hall–Kier alpha value is -3.08. The van der Waals surface area contributed by atoms with Crippen LogP contribution in [-0.2, 0) is 22.7 Å². The van der Waals surface area contributed by atoms with Gasteiger partial charge in [0.25, 0.3) is 0 Å². The minimum atomic E-state index is -0.432. The maximum atomic E-state index is 11.8. The summed E-state index contributed by atoms with van der Waals surface area (Å²) in [6, 6.07) is 13.7. The third-order valence-corrected chi connectivity index (χ3v) is 3.49. The molecule has 0 amide bonds. The summed E-state index contributed by atoms with van der Waals surface area (Å²) >= 11 is 0. The fourth-order valence-electron chi connectivity index (χ4n) is 2.28. The Morgan fingerprint density at radius 2 is 2.08 bits per heavy atom. The van der Waals surface area contributed by atoms with Gasteiger partial charge < -0.3 is 13.7 Å². The number of hydrogen-bond donors (Lipinski definition) is 0. The van der Waals surface area contributed by atoms with Gasteiger partial charge in [-0.05, 0) is 30.7 Å². The number of ether oxygens (including phenoxy) is 1. The first kappa shape index (κ1) is 15.8. The van der Waals surface area contributed by atoms with Gasteiger partial charge in [-0.15, -0.1) is 0 Å². The Labute approximate surface area is 140 Å². The molecule has 3 rings (SSSR count). The van der Waals surface area contributed by atoms with Gasteiger partial charge in [0.15, 0.2) is 0 Å². The second-order valence-electron chi connectivity index (χ2n) is 5.35. The highest BCUT2D eigenvalue weighted by molar-refractivity contribution is 5.86. The first-order chi connectivity index (χ1) is 11.7. The number of hydrogen-bond acceptors (Lipinski definition) is 4. The summed E-state index contributed by atoms with van der Waals surface area (Å²) in [6.07, 6.45) is 6.51. The number of rotatable bonds is 6. The lowest BCUT2D eigenvalue weighted by atomic mass is 10.2. The van der Waals surface area contributed by atoms with Crippen LogP contribution in [0.4, 0.5) is 0 Å². The minimum Gasteiger partial charge on any atom is -0.462 e. The maximum absolute atomic E-state index is 11.8. The average molecular weight is 322 g/mol. The first-order valence-electron chi connectivity index (χ1n) is 7.66. The maximum Gasteiger partial charge on any atom is 0.331 e. The second-order valence-corrected chi connectivity index (χ2v) is 5.35. The van der Waals surface area contributed by atoms with Crippen LogP contribution in [-0.4, -0.2) is 15.5 Å². The van der Waals surface area contributed by atoms with Gasteiger partial charge in [0.05, 0.1) is 0 Å². The number of carbonyl (C=O) groups excluding carboxylic acids is 1. The molecule has 0 atom stereocenters. The Bertz CT molecular complexity index is 831. The molecule has 0 aliphatic heterocycles. The molecule has 0 spiro atoms. The molecule has 0 N–H and O–H groups in total. The van der Waals surface area contributed by atoms with Crippen molar-refractivity contribution in [2.24, 2.45) is 0 Å². The number of furan rings is 1. The van der Waals surface area contributed by atoms with Gasteiger partial charge in [0.1, 0.15) is 24.0 Å². The lowest BCUT2D eigenvalue weighted by Gasteiger charge is -2.08. The molecule has 0 saturated heterocycles. The second kappa shape index (κ2) is 7.46. The van der Waals surface area contributed by atoms with Crippen LogP contribution in [0.2, 0.25) is 0 Å². The zero-order chi connectivity index (χ0) is 16.8. The van der Waals surface area contributed by atoms with Crippen LogP contribution in [0.5, 0.6) is 0 Å². The molecule has 2 heterocycles. The Kier molecular flexibility index (Phi) is 4.91. The number of benzene rings is 1. The predicted octanol–water partition coefficient (Wildman–Crippen LogP) is 3.59. The van der Waals surface area contributed by atoms with Crippen molar-refractivity contribution in [3.05, 3.63) is 83.8 Å². The summed E-state index contributed by atoms with van der Waals surface area (Å²) in [7, 11) is 0. The van der Waals surface area contributed by atoms with E-state index in [1.54, 1.807) is 18.3 Å². The summed E-state index contributed by atoms with van der Waals surface area (Å²) in [6.45, 7) is 2.66. The van der Waals surface area contributed by atoms with Crippen LogP contribution >= 0.6 is 0 Å². The summed E-state index contributed by atoms with van der Waals surface area (Å²) in [5.74, 6) is 1.69. The highest BCUT2D eigenvalue weighted by Crippen LogP contribution is 2.09. The number of carbonyl (C=O) groups is 1. The zero-order valence-electron chi connectivity index (χ0n) is 13.4.